The normalized spacial score (nSPS) is 10.4. The molecule has 0 heterocycles. The van der Waals surface area contributed by atoms with Gasteiger partial charge in [0.25, 0.3) is 0 Å². The molecule has 0 spiro atoms. The smallest absolute Gasteiger partial charge is 0.125 e. The van der Waals surface area contributed by atoms with Crippen LogP contribution in [0.5, 0.6) is 0 Å². The van der Waals surface area contributed by atoms with E-state index in [0.29, 0.717) is 16.8 Å². The minimum absolute atomic E-state index is 0.310. The van der Waals surface area contributed by atoms with Gasteiger partial charge >= 0.3 is 0 Å². The zero-order chi connectivity index (χ0) is 11.7. The summed E-state index contributed by atoms with van der Waals surface area (Å²) in [5.41, 5.74) is 8.11. The van der Waals surface area contributed by atoms with Crippen molar-refractivity contribution >= 4 is 5.69 Å². The lowest BCUT2D eigenvalue weighted by atomic mass is 10.0. The SMILES string of the molecule is Cc1cc(F)cc(-c2ccc(F)cc2N)c1. The number of nitrogen functional groups attached to an aromatic ring is 1. The van der Waals surface area contributed by atoms with Crippen molar-refractivity contribution in [2.75, 3.05) is 5.73 Å². The van der Waals surface area contributed by atoms with Crippen molar-refractivity contribution in [2.24, 2.45) is 0 Å². The molecule has 0 aliphatic carbocycles. The molecule has 0 radical (unpaired) electrons. The third-order valence-corrected chi connectivity index (χ3v) is 2.37. The van der Waals surface area contributed by atoms with Gasteiger partial charge in [0.1, 0.15) is 11.6 Å². The minimum Gasteiger partial charge on any atom is -0.398 e. The topological polar surface area (TPSA) is 26.0 Å². The fraction of sp³-hybridized carbons (Fsp3) is 0.0769. The highest BCUT2D eigenvalue weighted by Crippen LogP contribution is 2.27. The van der Waals surface area contributed by atoms with E-state index in [4.69, 9.17) is 5.73 Å². The molecule has 0 bridgehead atoms. The van der Waals surface area contributed by atoms with Gasteiger partial charge in [-0.25, -0.2) is 8.78 Å². The van der Waals surface area contributed by atoms with Gasteiger partial charge in [0, 0.05) is 11.3 Å². The average Bonchev–Trinajstić information content (AvgIpc) is 2.15. The first-order chi connectivity index (χ1) is 7.56. The standard InChI is InChI=1S/C13H11F2N/c1-8-4-9(6-11(15)5-8)12-3-2-10(14)7-13(12)16/h2-7H,16H2,1H3. The van der Waals surface area contributed by atoms with E-state index >= 15 is 0 Å². The lowest BCUT2D eigenvalue weighted by molar-refractivity contribution is 0.627. The lowest BCUT2D eigenvalue weighted by Gasteiger charge is -2.07. The number of hydrogen-bond donors (Lipinski definition) is 1. The second-order valence-electron chi connectivity index (χ2n) is 3.75. The Morgan fingerprint density at radius 2 is 1.69 bits per heavy atom. The largest absolute Gasteiger partial charge is 0.398 e. The number of nitrogens with two attached hydrogens (primary N) is 1. The number of aryl methyl sites for hydroxylation is 1. The Hall–Kier alpha value is -1.90. The predicted molar refractivity (Wildman–Crippen MR) is 60.9 cm³/mol. The molecule has 0 unspecified atom stereocenters. The summed E-state index contributed by atoms with van der Waals surface area (Å²) in [6.45, 7) is 1.80. The molecule has 1 nitrogen and oxygen atoms in total. The number of halogens is 2. The van der Waals surface area contributed by atoms with E-state index in [1.54, 1.807) is 13.0 Å². The molecular formula is C13H11F2N. The van der Waals surface area contributed by atoms with Crippen LogP contribution in [0.2, 0.25) is 0 Å². The third-order valence-electron chi connectivity index (χ3n) is 2.37. The van der Waals surface area contributed by atoms with Crippen molar-refractivity contribution in [3.05, 3.63) is 53.6 Å². The molecule has 3 heteroatoms. The first-order valence-corrected chi connectivity index (χ1v) is 4.89. The highest BCUT2D eigenvalue weighted by Gasteiger charge is 2.05. The van der Waals surface area contributed by atoms with Crippen LogP contribution in [0, 0.1) is 18.6 Å². The van der Waals surface area contributed by atoms with E-state index < -0.39 is 5.82 Å². The molecule has 0 saturated carbocycles. The van der Waals surface area contributed by atoms with Crippen LogP contribution in [0.1, 0.15) is 5.56 Å². The van der Waals surface area contributed by atoms with Gasteiger partial charge in [-0.05, 0) is 48.4 Å². The van der Waals surface area contributed by atoms with Crippen LogP contribution >= 0.6 is 0 Å². The monoisotopic (exact) mass is 219 g/mol. The number of benzene rings is 2. The fourth-order valence-corrected chi connectivity index (χ4v) is 1.69. The summed E-state index contributed by atoms with van der Waals surface area (Å²) in [5, 5.41) is 0. The Bertz CT molecular complexity index is 515. The van der Waals surface area contributed by atoms with E-state index in [2.05, 4.69) is 0 Å². The second-order valence-corrected chi connectivity index (χ2v) is 3.75. The van der Waals surface area contributed by atoms with Gasteiger partial charge in [0.2, 0.25) is 0 Å². The summed E-state index contributed by atoms with van der Waals surface area (Å²) in [6, 6.07) is 8.73. The van der Waals surface area contributed by atoms with Crippen LogP contribution in [0.3, 0.4) is 0 Å². The quantitative estimate of drug-likeness (QED) is 0.729. The van der Waals surface area contributed by atoms with Gasteiger partial charge in [-0.2, -0.15) is 0 Å². The van der Waals surface area contributed by atoms with Crippen LogP contribution in [0.15, 0.2) is 36.4 Å². The van der Waals surface area contributed by atoms with Gasteiger partial charge in [-0.3, -0.25) is 0 Å². The first kappa shape index (κ1) is 10.6. The first-order valence-electron chi connectivity index (χ1n) is 4.89. The Kier molecular flexibility index (Phi) is 2.60. The summed E-state index contributed by atoms with van der Waals surface area (Å²) >= 11 is 0. The molecular weight excluding hydrogens is 208 g/mol. The van der Waals surface area contributed by atoms with E-state index in [0.717, 1.165) is 5.56 Å². The molecule has 0 amide bonds. The van der Waals surface area contributed by atoms with E-state index in [9.17, 15) is 8.78 Å². The Morgan fingerprint density at radius 1 is 0.938 bits per heavy atom. The van der Waals surface area contributed by atoms with Crippen LogP contribution < -0.4 is 5.73 Å². The molecule has 0 aliphatic rings. The van der Waals surface area contributed by atoms with Crippen LogP contribution in [-0.4, -0.2) is 0 Å². The molecule has 16 heavy (non-hydrogen) atoms. The highest BCUT2D eigenvalue weighted by atomic mass is 19.1. The van der Waals surface area contributed by atoms with Crippen molar-refractivity contribution in [3.63, 3.8) is 0 Å². The summed E-state index contributed by atoms with van der Waals surface area (Å²) < 4.78 is 26.1. The lowest BCUT2D eigenvalue weighted by Crippen LogP contribution is -1.92. The molecule has 2 rings (SSSR count). The van der Waals surface area contributed by atoms with Crippen molar-refractivity contribution in [1.29, 1.82) is 0 Å². The van der Waals surface area contributed by atoms with E-state index in [-0.39, 0.29) is 5.82 Å². The zero-order valence-electron chi connectivity index (χ0n) is 8.80. The number of hydrogen-bond acceptors (Lipinski definition) is 1. The average molecular weight is 219 g/mol. The van der Waals surface area contributed by atoms with Crippen molar-refractivity contribution < 1.29 is 8.78 Å². The molecule has 82 valence electrons. The van der Waals surface area contributed by atoms with Crippen molar-refractivity contribution in [2.45, 2.75) is 6.92 Å². The van der Waals surface area contributed by atoms with Crippen LogP contribution in [0.4, 0.5) is 14.5 Å². The van der Waals surface area contributed by atoms with Crippen molar-refractivity contribution in [3.8, 4) is 11.1 Å². The molecule has 2 N–H and O–H groups in total. The predicted octanol–water partition coefficient (Wildman–Crippen LogP) is 3.52. The molecule has 0 aromatic heterocycles. The third kappa shape index (κ3) is 2.03. The van der Waals surface area contributed by atoms with Gasteiger partial charge < -0.3 is 5.73 Å². The summed E-state index contributed by atoms with van der Waals surface area (Å²) in [5.74, 6) is -0.715. The maximum atomic E-state index is 13.2. The van der Waals surface area contributed by atoms with Crippen molar-refractivity contribution in [1.82, 2.24) is 0 Å². The Balaban J connectivity index is 2.58. The van der Waals surface area contributed by atoms with Crippen LogP contribution in [-0.2, 0) is 0 Å². The maximum absolute atomic E-state index is 13.2. The molecule has 2 aromatic carbocycles. The molecule has 0 saturated heterocycles. The molecule has 0 fully saturated rings. The van der Waals surface area contributed by atoms with Gasteiger partial charge in [0.05, 0.1) is 0 Å². The number of rotatable bonds is 1. The Labute approximate surface area is 92.5 Å². The van der Waals surface area contributed by atoms with Gasteiger partial charge in [0.15, 0.2) is 0 Å². The minimum atomic E-state index is -0.394. The molecule has 0 atom stereocenters. The fourth-order valence-electron chi connectivity index (χ4n) is 1.69. The molecule has 0 aliphatic heterocycles. The second kappa shape index (κ2) is 3.93. The van der Waals surface area contributed by atoms with Crippen LogP contribution in [0.25, 0.3) is 11.1 Å². The Morgan fingerprint density at radius 3 is 2.31 bits per heavy atom. The van der Waals surface area contributed by atoms with E-state index in [1.807, 2.05) is 6.07 Å². The molecule has 2 aromatic rings. The highest BCUT2D eigenvalue weighted by molar-refractivity contribution is 5.76. The summed E-state index contributed by atoms with van der Waals surface area (Å²) in [7, 11) is 0. The zero-order valence-corrected chi connectivity index (χ0v) is 8.80. The van der Waals surface area contributed by atoms with E-state index in [1.165, 1.54) is 24.3 Å². The number of anilines is 1. The van der Waals surface area contributed by atoms with Gasteiger partial charge in [-0.1, -0.05) is 6.07 Å². The summed E-state index contributed by atoms with van der Waals surface area (Å²) in [6.07, 6.45) is 0. The maximum Gasteiger partial charge on any atom is 0.125 e. The van der Waals surface area contributed by atoms with Gasteiger partial charge in [-0.15, -0.1) is 0 Å². The summed E-state index contributed by atoms with van der Waals surface area (Å²) in [4.78, 5) is 0.